The van der Waals surface area contributed by atoms with Crippen molar-refractivity contribution in [1.82, 2.24) is 4.98 Å². The molecule has 0 fully saturated rings. The van der Waals surface area contributed by atoms with Crippen molar-refractivity contribution in [2.24, 2.45) is 0 Å². The van der Waals surface area contributed by atoms with Crippen LogP contribution in [0, 0.1) is 0 Å². The largest absolute Gasteiger partial charge is 0.496 e. The Morgan fingerprint density at radius 2 is 1.58 bits per heavy atom. The van der Waals surface area contributed by atoms with E-state index in [-0.39, 0.29) is 11.3 Å². The Balaban J connectivity index is 1.59. The molecule has 2 aromatic heterocycles. The summed E-state index contributed by atoms with van der Waals surface area (Å²) in [5, 5.41) is 0.525. The predicted molar refractivity (Wildman–Crippen MR) is 109 cm³/mol. The molecular formula is C22H15F8NO7. The van der Waals surface area contributed by atoms with Gasteiger partial charge in [-0.1, -0.05) is 6.58 Å². The second kappa shape index (κ2) is 10.9. The molecule has 3 rings (SSSR count). The van der Waals surface area contributed by atoms with Crippen molar-refractivity contribution in [3.05, 3.63) is 61.4 Å². The summed E-state index contributed by atoms with van der Waals surface area (Å²) >= 11 is 0. The summed E-state index contributed by atoms with van der Waals surface area (Å²) in [6, 6.07) is 8.67. The van der Waals surface area contributed by atoms with Gasteiger partial charge in [0.25, 0.3) is 0 Å². The zero-order chi connectivity index (χ0) is 28.2. The molecule has 0 spiro atoms. The summed E-state index contributed by atoms with van der Waals surface area (Å²) in [4.78, 5) is 14.6. The number of carbonyl (C=O) groups is 1. The average molecular weight is 557 g/mol. The van der Waals surface area contributed by atoms with Gasteiger partial charge in [-0.25, -0.2) is 19.0 Å². The topological polar surface area (TPSA) is 89.3 Å². The standard InChI is InChI=1S/C22H15F8NO7/c1-2-18(32)34-12-20(25,26)37-22(29,30)38-21(27,28)36-19(23,24)11-33-15-6-5-13-8-16(35-17(13)9-15)14-4-3-7-31-10-14/h2-10H,1,11-12H2. The number of hydrogen-bond acceptors (Lipinski definition) is 8. The first-order valence-corrected chi connectivity index (χ1v) is 10.1. The van der Waals surface area contributed by atoms with Gasteiger partial charge in [0, 0.05) is 35.5 Å². The Morgan fingerprint density at radius 3 is 2.18 bits per heavy atom. The third-order valence-corrected chi connectivity index (χ3v) is 4.17. The van der Waals surface area contributed by atoms with Crippen LogP contribution in [0.2, 0.25) is 0 Å². The summed E-state index contributed by atoms with van der Waals surface area (Å²) in [6.45, 7) is -1.25. The molecule has 3 aromatic rings. The van der Waals surface area contributed by atoms with Crippen LogP contribution in [0.15, 0.2) is 65.9 Å². The van der Waals surface area contributed by atoms with Crippen LogP contribution < -0.4 is 4.74 Å². The normalized spacial score (nSPS) is 12.9. The van der Waals surface area contributed by atoms with Crippen molar-refractivity contribution in [3.8, 4) is 17.1 Å². The number of furan rings is 1. The molecule has 2 heterocycles. The number of pyridine rings is 1. The highest BCUT2D eigenvalue weighted by Crippen LogP contribution is 2.37. The van der Waals surface area contributed by atoms with Gasteiger partial charge in [0.15, 0.2) is 13.2 Å². The molecular weight excluding hydrogens is 542 g/mol. The van der Waals surface area contributed by atoms with Crippen LogP contribution in [0.25, 0.3) is 22.3 Å². The van der Waals surface area contributed by atoms with E-state index in [9.17, 15) is 39.9 Å². The van der Waals surface area contributed by atoms with Gasteiger partial charge in [0.1, 0.15) is 17.1 Å². The molecule has 38 heavy (non-hydrogen) atoms. The van der Waals surface area contributed by atoms with Crippen LogP contribution in [0.4, 0.5) is 35.1 Å². The third-order valence-electron chi connectivity index (χ3n) is 4.17. The van der Waals surface area contributed by atoms with Gasteiger partial charge in [-0.2, -0.15) is 17.6 Å². The van der Waals surface area contributed by atoms with E-state index in [1.165, 1.54) is 24.5 Å². The molecule has 0 aliphatic heterocycles. The number of ether oxygens (including phenoxy) is 5. The van der Waals surface area contributed by atoms with E-state index in [0.717, 1.165) is 6.07 Å². The Hall–Kier alpha value is -3.76. The first-order valence-electron chi connectivity index (χ1n) is 10.1. The fourth-order valence-electron chi connectivity index (χ4n) is 2.72. The Kier molecular flexibility index (Phi) is 8.28. The third kappa shape index (κ3) is 8.39. The molecule has 0 saturated heterocycles. The van der Waals surface area contributed by atoms with Crippen molar-refractivity contribution in [2.75, 3.05) is 13.2 Å². The van der Waals surface area contributed by atoms with Gasteiger partial charge < -0.3 is 13.9 Å². The molecule has 0 bridgehead atoms. The number of nitrogens with zero attached hydrogens (tertiary/aromatic N) is 1. The predicted octanol–water partition coefficient (Wildman–Crippen LogP) is 5.94. The number of hydrogen-bond donors (Lipinski definition) is 0. The lowest BCUT2D eigenvalue weighted by molar-refractivity contribution is -0.574. The van der Waals surface area contributed by atoms with Crippen molar-refractivity contribution in [3.63, 3.8) is 0 Å². The lowest BCUT2D eigenvalue weighted by atomic mass is 10.2. The molecule has 0 aliphatic rings. The van der Waals surface area contributed by atoms with E-state index in [2.05, 4.69) is 35.2 Å². The van der Waals surface area contributed by atoms with Gasteiger partial charge in [0.2, 0.25) is 0 Å². The van der Waals surface area contributed by atoms with Gasteiger partial charge in [-0.05, 0) is 30.3 Å². The minimum atomic E-state index is -5.87. The molecule has 8 nitrogen and oxygen atoms in total. The van der Waals surface area contributed by atoms with Crippen LogP contribution in [-0.2, 0) is 23.7 Å². The summed E-state index contributed by atoms with van der Waals surface area (Å²) in [5.41, 5.74) is 0.764. The van der Waals surface area contributed by atoms with Crippen LogP contribution in [0.5, 0.6) is 5.75 Å². The van der Waals surface area contributed by atoms with Crippen molar-refractivity contribution >= 4 is 16.9 Å². The molecule has 0 amide bonds. The number of aromatic nitrogens is 1. The Bertz CT molecular complexity index is 1270. The number of halogens is 8. The minimum Gasteiger partial charge on any atom is -0.484 e. The number of rotatable bonds is 13. The number of fused-ring (bicyclic) bond motifs is 1. The molecule has 0 atom stereocenters. The molecule has 1 aromatic carbocycles. The summed E-state index contributed by atoms with van der Waals surface area (Å²) in [7, 11) is 0. The number of benzene rings is 1. The van der Waals surface area contributed by atoms with Crippen molar-refractivity contribution in [2.45, 2.75) is 24.8 Å². The van der Waals surface area contributed by atoms with Crippen LogP contribution in [-0.4, -0.2) is 49.0 Å². The van der Waals surface area contributed by atoms with Gasteiger partial charge in [-0.15, -0.1) is 17.6 Å². The van der Waals surface area contributed by atoms with E-state index < -0.39 is 44.0 Å². The first-order chi connectivity index (χ1) is 17.6. The van der Waals surface area contributed by atoms with E-state index in [1.807, 2.05) is 0 Å². The molecule has 206 valence electrons. The molecule has 0 unspecified atom stereocenters. The minimum absolute atomic E-state index is 0.163. The number of carbonyl (C=O) groups excluding carboxylic acids is 1. The molecule has 0 N–H and O–H groups in total. The lowest BCUT2D eigenvalue weighted by Crippen LogP contribution is -2.46. The summed E-state index contributed by atoms with van der Waals surface area (Å²) in [6.07, 6.45) is -18.3. The SMILES string of the molecule is C=CC(=O)OCC(F)(F)OC(F)(F)OC(F)(F)OC(F)(F)COc1ccc2cc(-c3cccnc3)oc2c1. The maximum atomic E-state index is 13.9. The number of esters is 1. The van der Waals surface area contributed by atoms with Gasteiger partial charge in [-0.3, -0.25) is 4.98 Å². The number of alkyl halides is 8. The Morgan fingerprint density at radius 1 is 0.921 bits per heavy atom. The Labute approximate surface area is 207 Å². The second-order valence-corrected chi connectivity index (χ2v) is 7.16. The van der Waals surface area contributed by atoms with Gasteiger partial charge in [0.05, 0.1) is 0 Å². The van der Waals surface area contributed by atoms with E-state index >= 15 is 0 Å². The first kappa shape index (κ1) is 28.8. The fraction of sp³-hybridized carbons (Fsp3) is 0.273. The maximum absolute atomic E-state index is 13.9. The monoisotopic (exact) mass is 557 g/mol. The van der Waals surface area contributed by atoms with E-state index in [4.69, 9.17) is 4.42 Å². The lowest BCUT2D eigenvalue weighted by Gasteiger charge is -2.27. The average Bonchev–Trinajstić information content (AvgIpc) is 3.23. The molecule has 0 saturated carbocycles. The van der Waals surface area contributed by atoms with Crippen LogP contribution in [0.1, 0.15) is 0 Å². The van der Waals surface area contributed by atoms with E-state index in [0.29, 0.717) is 22.8 Å². The second-order valence-electron chi connectivity index (χ2n) is 7.16. The molecule has 0 radical (unpaired) electrons. The molecule has 16 heteroatoms. The fourth-order valence-corrected chi connectivity index (χ4v) is 2.72. The van der Waals surface area contributed by atoms with Crippen LogP contribution >= 0.6 is 0 Å². The van der Waals surface area contributed by atoms with Crippen LogP contribution in [0.3, 0.4) is 0 Å². The summed E-state index contributed by atoms with van der Waals surface area (Å²) in [5.74, 6) is -1.41. The summed E-state index contributed by atoms with van der Waals surface area (Å²) < 4.78 is 130. The highest BCUT2D eigenvalue weighted by molar-refractivity contribution is 5.83. The van der Waals surface area contributed by atoms with E-state index in [1.54, 1.807) is 18.2 Å². The highest BCUT2D eigenvalue weighted by atomic mass is 19.3. The highest BCUT2D eigenvalue weighted by Gasteiger charge is 2.57. The zero-order valence-corrected chi connectivity index (χ0v) is 18.6. The quantitative estimate of drug-likeness (QED) is 0.111. The van der Waals surface area contributed by atoms with Crippen molar-refractivity contribution in [1.29, 1.82) is 0 Å². The maximum Gasteiger partial charge on any atom is 0.496 e. The smallest absolute Gasteiger partial charge is 0.484 e. The van der Waals surface area contributed by atoms with Crippen molar-refractivity contribution < 1.29 is 68.0 Å². The molecule has 0 aliphatic carbocycles. The zero-order valence-electron chi connectivity index (χ0n) is 18.6. The van der Waals surface area contributed by atoms with Gasteiger partial charge >= 0.3 is 30.8 Å².